The van der Waals surface area contributed by atoms with E-state index >= 15 is 0 Å². The Hall–Kier alpha value is -1.39. The predicted octanol–water partition coefficient (Wildman–Crippen LogP) is 3.06. The SMILES string of the molecule is C[C@@H](NCc1cnn(C)c1)c1c(F)cccc1Cl. The minimum atomic E-state index is -0.284. The molecule has 0 aliphatic heterocycles. The number of aryl methyl sites for hydroxylation is 1. The summed E-state index contributed by atoms with van der Waals surface area (Å²) in [6.07, 6.45) is 3.70. The summed E-state index contributed by atoms with van der Waals surface area (Å²) in [5, 5.41) is 7.76. The highest BCUT2D eigenvalue weighted by Gasteiger charge is 2.14. The summed E-state index contributed by atoms with van der Waals surface area (Å²) in [4.78, 5) is 0. The van der Waals surface area contributed by atoms with E-state index in [2.05, 4.69) is 10.4 Å². The number of benzene rings is 1. The second-order valence-electron chi connectivity index (χ2n) is 4.26. The third-order valence-electron chi connectivity index (χ3n) is 2.80. The summed E-state index contributed by atoms with van der Waals surface area (Å²) in [5.74, 6) is -0.284. The Balaban J connectivity index is 2.06. The van der Waals surface area contributed by atoms with Crippen LogP contribution in [-0.2, 0) is 13.6 Å². The van der Waals surface area contributed by atoms with Gasteiger partial charge in [0.05, 0.1) is 6.20 Å². The molecule has 0 spiro atoms. The van der Waals surface area contributed by atoms with Crippen LogP contribution >= 0.6 is 11.6 Å². The molecular weight excluding hydrogens is 253 g/mol. The first-order chi connectivity index (χ1) is 8.58. The van der Waals surface area contributed by atoms with Crippen LogP contribution in [0.4, 0.5) is 4.39 Å². The smallest absolute Gasteiger partial charge is 0.129 e. The van der Waals surface area contributed by atoms with Gasteiger partial charge in [-0.25, -0.2) is 4.39 Å². The fourth-order valence-electron chi connectivity index (χ4n) is 1.86. The molecule has 18 heavy (non-hydrogen) atoms. The average molecular weight is 268 g/mol. The van der Waals surface area contributed by atoms with Crippen molar-refractivity contribution in [3.05, 3.63) is 52.6 Å². The number of aromatic nitrogens is 2. The van der Waals surface area contributed by atoms with E-state index < -0.39 is 0 Å². The van der Waals surface area contributed by atoms with Crippen molar-refractivity contribution in [2.24, 2.45) is 7.05 Å². The van der Waals surface area contributed by atoms with Gasteiger partial charge in [-0.3, -0.25) is 4.68 Å². The van der Waals surface area contributed by atoms with E-state index in [9.17, 15) is 4.39 Å². The first-order valence-corrected chi connectivity index (χ1v) is 6.10. The fourth-order valence-corrected chi connectivity index (χ4v) is 2.19. The van der Waals surface area contributed by atoms with Gasteiger partial charge in [-0.15, -0.1) is 0 Å². The van der Waals surface area contributed by atoms with Crippen LogP contribution in [0.25, 0.3) is 0 Å². The van der Waals surface area contributed by atoms with Crippen molar-refractivity contribution < 1.29 is 4.39 Å². The maximum absolute atomic E-state index is 13.7. The van der Waals surface area contributed by atoms with Crippen molar-refractivity contribution in [2.75, 3.05) is 0 Å². The van der Waals surface area contributed by atoms with Gasteiger partial charge in [-0.05, 0) is 19.1 Å². The molecule has 0 saturated carbocycles. The van der Waals surface area contributed by atoms with Crippen molar-refractivity contribution in [3.63, 3.8) is 0 Å². The van der Waals surface area contributed by atoms with Gasteiger partial charge in [0, 0.05) is 42.0 Å². The number of rotatable bonds is 4. The summed E-state index contributed by atoms with van der Waals surface area (Å²) in [6, 6.07) is 4.57. The summed E-state index contributed by atoms with van der Waals surface area (Å²) in [7, 11) is 1.86. The zero-order valence-electron chi connectivity index (χ0n) is 10.3. The molecule has 0 saturated heterocycles. The van der Waals surface area contributed by atoms with E-state index in [4.69, 9.17) is 11.6 Å². The second kappa shape index (κ2) is 5.50. The van der Waals surface area contributed by atoms with Crippen molar-refractivity contribution in [2.45, 2.75) is 19.5 Å². The van der Waals surface area contributed by atoms with E-state index in [1.165, 1.54) is 6.07 Å². The van der Waals surface area contributed by atoms with Crippen molar-refractivity contribution in [1.29, 1.82) is 0 Å². The zero-order valence-corrected chi connectivity index (χ0v) is 11.1. The molecule has 1 aromatic heterocycles. The van der Waals surface area contributed by atoms with Gasteiger partial charge in [0.15, 0.2) is 0 Å². The standard InChI is InChI=1S/C13H15ClFN3/c1-9(13-11(14)4-3-5-12(13)15)16-6-10-7-17-18(2)8-10/h3-5,7-9,16H,6H2,1-2H3/t9-/m1/s1. The van der Waals surface area contributed by atoms with Gasteiger partial charge in [-0.2, -0.15) is 5.10 Å². The molecule has 5 heteroatoms. The van der Waals surface area contributed by atoms with E-state index in [-0.39, 0.29) is 11.9 Å². The van der Waals surface area contributed by atoms with Crippen LogP contribution in [0, 0.1) is 5.82 Å². The third kappa shape index (κ3) is 2.89. The largest absolute Gasteiger partial charge is 0.306 e. The molecule has 3 nitrogen and oxygen atoms in total. The lowest BCUT2D eigenvalue weighted by molar-refractivity contribution is 0.528. The maximum Gasteiger partial charge on any atom is 0.129 e. The van der Waals surface area contributed by atoms with Gasteiger partial charge in [0.1, 0.15) is 5.82 Å². The van der Waals surface area contributed by atoms with Crippen LogP contribution in [0.15, 0.2) is 30.6 Å². The Kier molecular flexibility index (Phi) is 3.99. The highest BCUT2D eigenvalue weighted by atomic mass is 35.5. The first kappa shape index (κ1) is 13.1. The molecule has 1 heterocycles. The quantitative estimate of drug-likeness (QED) is 0.923. The topological polar surface area (TPSA) is 29.9 Å². The molecular formula is C13H15ClFN3. The van der Waals surface area contributed by atoms with Crippen LogP contribution < -0.4 is 5.32 Å². The summed E-state index contributed by atoms with van der Waals surface area (Å²) in [5.41, 5.74) is 1.56. The minimum Gasteiger partial charge on any atom is -0.306 e. The highest BCUT2D eigenvalue weighted by Crippen LogP contribution is 2.25. The Morgan fingerprint density at radius 2 is 2.28 bits per heavy atom. The van der Waals surface area contributed by atoms with E-state index in [1.807, 2.05) is 20.2 Å². The van der Waals surface area contributed by atoms with Crippen molar-refractivity contribution in [1.82, 2.24) is 15.1 Å². The molecule has 1 aromatic carbocycles. The lowest BCUT2D eigenvalue weighted by atomic mass is 10.1. The molecule has 0 fully saturated rings. The molecule has 2 aromatic rings. The van der Waals surface area contributed by atoms with Crippen LogP contribution in [0.2, 0.25) is 5.02 Å². The lowest BCUT2D eigenvalue weighted by Gasteiger charge is -2.15. The maximum atomic E-state index is 13.7. The minimum absolute atomic E-state index is 0.154. The molecule has 96 valence electrons. The third-order valence-corrected chi connectivity index (χ3v) is 3.13. The monoisotopic (exact) mass is 267 g/mol. The van der Waals surface area contributed by atoms with Crippen LogP contribution in [0.3, 0.4) is 0 Å². The van der Waals surface area contributed by atoms with Gasteiger partial charge in [-0.1, -0.05) is 17.7 Å². The molecule has 0 unspecified atom stereocenters. The molecule has 1 N–H and O–H groups in total. The Morgan fingerprint density at radius 1 is 1.50 bits per heavy atom. The van der Waals surface area contributed by atoms with Gasteiger partial charge in [0.25, 0.3) is 0 Å². The molecule has 0 aliphatic carbocycles. The number of nitrogens with one attached hydrogen (secondary N) is 1. The molecule has 0 radical (unpaired) electrons. The van der Waals surface area contributed by atoms with Gasteiger partial charge >= 0.3 is 0 Å². The van der Waals surface area contributed by atoms with E-state index in [0.29, 0.717) is 17.1 Å². The zero-order chi connectivity index (χ0) is 13.1. The first-order valence-electron chi connectivity index (χ1n) is 5.72. The van der Waals surface area contributed by atoms with E-state index in [1.54, 1.807) is 23.0 Å². The summed E-state index contributed by atoms with van der Waals surface area (Å²) in [6.45, 7) is 2.51. The molecule has 0 amide bonds. The Morgan fingerprint density at radius 3 is 2.89 bits per heavy atom. The highest BCUT2D eigenvalue weighted by molar-refractivity contribution is 6.31. The number of nitrogens with zero attached hydrogens (tertiary/aromatic N) is 2. The fraction of sp³-hybridized carbons (Fsp3) is 0.308. The van der Waals surface area contributed by atoms with E-state index in [0.717, 1.165) is 5.56 Å². The second-order valence-corrected chi connectivity index (χ2v) is 4.67. The van der Waals surface area contributed by atoms with Crippen LogP contribution in [-0.4, -0.2) is 9.78 Å². The normalized spacial score (nSPS) is 12.7. The lowest BCUT2D eigenvalue weighted by Crippen LogP contribution is -2.19. The molecule has 0 bridgehead atoms. The average Bonchev–Trinajstić information content (AvgIpc) is 2.72. The molecule has 2 rings (SSSR count). The summed E-state index contributed by atoms with van der Waals surface area (Å²) >= 11 is 6.01. The molecule has 0 aliphatic rings. The number of hydrogen-bond acceptors (Lipinski definition) is 2. The number of halogens is 2. The van der Waals surface area contributed by atoms with Crippen LogP contribution in [0.5, 0.6) is 0 Å². The number of hydrogen-bond donors (Lipinski definition) is 1. The van der Waals surface area contributed by atoms with Crippen molar-refractivity contribution >= 4 is 11.6 Å². The Labute approximate surface area is 111 Å². The predicted molar refractivity (Wildman–Crippen MR) is 69.9 cm³/mol. The Bertz CT molecular complexity index is 519. The van der Waals surface area contributed by atoms with Gasteiger partial charge < -0.3 is 5.32 Å². The molecule has 1 atom stereocenters. The summed E-state index contributed by atoms with van der Waals surface area (Å²) < 4.78 is 15.4. The van der Waals surface area contributed by atoms with Crippen molar-refractivity contribution in [3.8, 4) is 0 Å². The van der Waals surface area contributed by atoms with Crippen LogP contribution in [0.1, 0.15) is 24.1 Å². The van der Waals surface area contributed by atoms with Gasteiger partial charge in [0.2, 0.25) is 0 Å².